The standard InChI is InChI=1S/C29H42O5/c1-17-5-10-26(34-27(17)32)18(2)23-8-9-25-22-7-6-20-15-21(31)11-13-28(20,4)24(22)12-14-29(23,25)16-33-19(3)30/h15,17-18,22-26H,5-14,16H2,1-4H3/t17?,18-,22?,23?,24?,25?,26?,28-,29-/m0/s1. The summed E-state index contributed by atoms with van der Waals surface area (Å²) >= 11 is 0. The molecule has 1 saturated heterocycles. The fourth-order valence-corrected chi connectivity index (χ4v) is 9.20. The molecule has 4 fully saturated rings. The van der Waals surface area contributed by atoms with E-state index in [9.17, 15) is 14.4 Å². The molecule has 5 rings (SSSR count). The van der Waals surface area contributed by atoms with E-state index in [-0.39, 0.29) is 40.7 Å². The first-order valence-electron chi connectivity index (χ1n) is 13.7. The highest BCUT2D eigenvalue weighted by Crippen LogP contribution is 2.68. The Kier molecular flexibility index (Phi) is 6.21. The first kappa shape index (κ1) is 24.1. The molecule has 0 aromatic carbocycles. The second kappa shape index (κ2) is 8.78. The van der Waals surface area contributed by atoms with Crippen LogP contribution in [0.3, 0.4) is 0 Å². The van der Waals surface area contributed by atoms with Crippen LogP contribution in [0.25, 0.3) is 0 Å². The Morgan fingerprint density at radius 3 is 2.62 bits per heavy atom. The van der Waals surface area contributed by atoms with Gasteiger partial charge in [0.25, 0.3) is 0 Å². The Morgan fingerprint density at radius 2 is 1.88 bits per heavy atom. The van der Waals surface area contributed by atoms with Gasteiger partial charge in [0.2, 0.25) is 0 Å². The fourth-order valence-electron chi connectivity index (χ4n) is 9.20. The first-order valence-corrected chi connectivity index (χ1v) is 13.7. The van der Waals surface area contributed by atoms with E-state index in [4.69, 9.17) is 9.47 Å². The lowest BCUT2D eigenvalue weighted by molar-refractivity contribution is -0.170. The summed E-state index contributed by atoms with van der Waals surface area (Å²) in [4.78, 5) is 36.5. The van der Waals surface area contributed by atoms with Crippen molar-refractivity contribution in [1.29, 1.82) is 0 Å². The fraction of sp³-hybridized carbons (Fsp3) is 0.828. The lowest BCUT2D eigenvalue weighted by atomic mass is 9.46. The third-order valence-electron chi connectivity index (χ3n) is 11.1. The highest BCUT2D eigenvalue weighted by molar-refractivity contribution is 5.91. The van der Waals surface area contributed by atoms with Gasteiger partial charge in [0.15, 0.2) is 5.78 Å². The Morgan fingerprint density at radius 1 is 1.09 bits per heavy atom. The molecular formula is C29H42O5. The van der Waals surface area contributed by atoms with Gasteiger partial charge in [0, 0.05) is 18.8 Å². The first-order chi connectivity index (χ1) is 16.2. The average molecular weight is 471 g/mol. The van der Waals surface area contributed by atoms with Crippen molar-refractivity contribution in [2.75, 3.05) is 6.61 Å². The zero-order valence-corrected chi connectivity index (χ0v) is 21.4. The summed E-state index contributed by atoms with van der Waals surface area (Å²) in [6, 6.07) is 0. The van der Waals surface area contributed by atoms with E-state index in [1.165, 1.54) is 18.9 Å². The third kappa shape index (κ3) is 3.76. The molecule has 5 nitrogen and oxygen atoms in total. The van der Waals surface area contributed by atoms with E-state index < -0.39 is 0 Å². The predicted octanol–water partition coefficient (Wildman–Crippen LogP) is 5.66. The SMILES string of the molecule is CC(=O)OC[C@]12CCC3C(CCC4=CC(=O)CC[C@@]43C)C1CCC2[C@H](C)C1CCC(C)C(=O)O1. The normalized spacial score (nSPS) is 44.8. The second-order valence-electron chi connectivity index (χ2n) is 12.5. The molecule has 5 heteroatoms. The summed E-state index contributed by atoms with van der Waals surface area (Å²) in [5.41, 5.74) is 1.51. The molecule has 0 N–H and O–H groups in total. The van der Waals surface area contributed by atoms with Crippen molar-refractivity contribution in [2.24, 2.45) is 46.3 Å². The minimum absolute atomic E-state index is 0.00201. The average Bonchev–Trinajstić information content (AvgIpc) is 3.19. The minimum atomic E-state index is -0.196. The molecule has 4 aliphatic carbocycles. The lowest BCUT2D eigenvalue weighted by Crippen LogP contribution is -2.54. The van der Waals surface area contributed by atoms with Crippen LogP contribution in [-0.4, -0.2) is 30.4 Å². The van der Waals surface area contributed by atoms with Gasteiger partial charge < -0.3 is 9.47 Å². The topological polar surface area (TPSA) is 69.7 Å². The van der Waals surface area contributed by atoms with Crippen molar-refractivity contribution in [1.82, 2.24) is 0 Å². The molecule has 0 aromatic rings. The second-order valence-corrected chi connectivity index (χ2v) is 12.5. The van der Waals surface area contributed by atoms with Gasteiger partial charge in [-0.15, -0.1) is 0 Å². The molecule has 34 heavy (non-hydrogen) atoms. The van der Waals surface area contributed by atoms with Gasteiger partial charge >= 0.3 is 11.9 Å². The maximum atomic E-state index is 12.4. The van der Waals surface area contributed by atoms with Gasteiger partial charge in [0.1, 0.15) is 6.10 Å². The van der Waals surface area contributed by atoms with Crippen molar-refractivity contribution >= 4 is 17.7 Å². The zero-order chi connectivity index (χ0) is 24.3. The predicted molar refractivity (Wildman–Crippen MR) is 129 cm³/mol. The van der Waals surface area contributed by atoms with Crippen LogP contribution in [0, 0.1) is 46.3 Å². The van der Waals surface area contributed by atoms with Gasteiger partial charge in [-0.2, -0.15) is 0 Å². The van der Waals surface area contributed by atoms with Crippen LogP contribution in [-0.2, 0) is 23.9 Å². The van der Waals surface area contributed by atoms with Gasteiger partial charge in [-0.1, -0.05) is 26.3 Å². The van der Waals surface area contributed by atoms with Gasteiger partial charge in [0.05, 0.1) is 12.5 Å². The number of ketones is 1. The van der Waals surface area contributed by atoms with E-state index in [0.29, 0.717) is 42.5 Å². The molecule has 1 heterocycles. The molecule has 1 aliphatic heterocycles. The maximum Gasteiger partial charge on any atom is 0.308 e. The number of carbonyl (C=O) groups excluding carboxylic acids is 3. The molecule has 9 atom stereocenters. The molecule has 3 saturated carbocycles. The van der Waals surface area contributed by atoms with Crippen molar-refractivity contribution in [3.63, 3.8) is 0 Å². The number of fused-ring (bicyclic) bond motifs is 5. The summed E-state index contributed by atoms with van der Waals surface area (Å²) in [5.74, 6) is 2.49. The quantitative estimate of drug-likeness (QED) is 0.496. The monoisotopic (exact) mass is 470 g/mol. The Labute approximate surface area is 204 Å². The summed E-state index contributed by atoms with van der Waals surface area (Å²) in [6.45, 7) is 8.67. The van der Waals surface area contributed by atoms with E-state index in [0.717, 1.165) is 51.4 Å². The van der Waals surface area contributed by atoms with E-state index >= 15 is 0 Å². The molecule has 0 amide bonds. The van der Waals surface area contributed by atoms with Crippen molar-refractivity contribution in [3.05, 3.63) is 11.6 Å². The van der Waals surface area contributed by atoms with Gasteiger partial charge in [-0.05, 0) is 98.9 Å². The largest absolute Gasteiger partial charge is 0.465 e. The van der Waals surface area contributed by atoms with E-state index in [2.05, 4.69) is 13.8 Å². The van der Waals surface area contributed by atoms with Gasteiger partial charge in [-0.25, -0.2) is 0 Å². The Hall–Kier alpha value is -1.65. The number of ether oxygens (including phenoxy) is 2. The minimum Gasteiger partial charge on any atom is -0.465 e. The lowest BCUT2D eigenvalue weighted by Gasteiger charge is -2.59. The smallest absolute Gasteiger partial charge is 0.308 e. The molecule has 0 radical (unpaired) electrons. The van der Waals surface area contributed by atoms with Crippen LogP contribution in [0.2, 0.25) is 0 Å². The van der Waals surface area contributed by atoms with Crippen LogP contribution in [0.5, 0.6) is 0 Å². The van der Waals surface area contributed by atoms with E-state index in [1.54, 1.807) is 0 Å². The highest BCUT2D eigenvalue weighted by Gasteiger charge is 2.62. The molecule has 5 aliphatic rings. The van der Waals surface area contributed by atoms with Crippen LogP contribution in [0.4, 0.5) is 0 Å². The highest BCUT2D eigenvalue weighted by atomic mass is 16.5. The van der Waals surface area contributed by atoms with Crippen LogP contribution < -0.4 is 0 Å². The maximum absolute atomic E-state index is 12.4. The molecule has 0 bridgehead atoms. The third-order valence-corrected chi connectivity index (χ3v) is 11.1. The molecule has 0 spiro atoms. The Balaban J connectivity index is 1.43. The number of cyclic esters (lactones) is 1. The van der Waals surface area contributed by atoms with Crippen LogP contribution in [0.1, 0.15) is 91.9 Å². The van der Waals surface area contributed by atoms with Gasteiger partial charge in [-0.3, -0.25) is 14.4 Å². The number of rotatable bonds is 4. The van der Waals surface area contributed by atoms with Crippen molar-refractivity contribution < 1.29 is 23.9 Å². The number of carbonyl (C=O) groups is 3. The molecule has 6 unspecified atom stereocenters. The molecule has 188 valence electrons. The summed E-state index contributed by atoms with van der Waals surface area (Å²) in [6.07, 6.45) is 12.1. The molecular weight excluding hydrogens is 428 g/mol. The summed E-state index contributed by atoms with van der Waals surface area (Å²) in [7, 11) is 0. The van der Waals surface area contributed by atoms with Crippen molar-refractivity contribution in [2.45, 2.75) is 98.0 Å². The summed E-state index contributed by atoms with van der Waals surface area (Å²) < 4.78 is 11.8. The van der Waals surface area contributed by atoms with E-state index in [1.807, 2.05) is 13.0 Å². The Bertz CT molecular complexity index is 891. The van der Waals surface area contributed by atoms with Crippen LogP contribution >= 0.6 is 0 Å². The number of esters is 2. The number of hydrogen-bond donors (Lipinski definition) is 0. The zero-order valence-electron chi connectivity index (χ0n) is 21.4. The van der Waals surface area contributed by atoms with Crippen molar-refractivity contribution in [3.8, 4) is 0 Å². The van der Waals surface area contributed by atoms with Crippen LogP contribution in [0.15, 0.2) is 11.6 Å². The summed E-state index contributed by atoms with van der Waals surface area (Å²) in [5, 5.41) is 0. The number of hydrogen-bond acceptors (Lipinski definition) is 5. The molecule has 0 aromatic heterocycles. The number of allylic oxidation sites excluding steroid dienone is 1.